The van der Waals surface area contributed by atoms with Crippen molar-refractivity contribution in [1.29, 1.82) is 0 Å². The molecule has 0 bridgehead atoms. The number of para-hydroxylation sites is 2. The number of hydrogen-bond donors (Lipinski definition) is 1. The number of rotatable bonds is 7. The first-order valence-corrected chi connectivity index (χ1v) is 8.93. The third-order valence-corrected chi connectivity index (χ3v) is 4.48. The van der Waals surface area contributed by atoms with Crippen molar-refractivity contribution >= 4 is 11.0 Å². The van der Waals surface area contributed by atoms with Crippen molar-refractivity contribution in [2.45, 2.75) is 46.3 Å². The molecule has 0 aliphatic rings. The van der Waals surface area contributed by atoms with E-state index in [4.69, 9.17) is 4.74 Å². The number of aliphatic hydroxyl groups is 1. The van der Waals surface area contributed by atoms with Crippen molar-refractivity contribution in [3.8, 4) is 5.75 Å². The molecule has 0 fully saturated rings. The van der Waals surface area contributed by atoms with E-state index >= 15 is 0 Å². The van der Waals surface area contributed by atoms with Gasteiger partial charge in [-0.3, -0.25) is 0 Å². The maximum Gasteiger partial charge on any atom is 0.138 e. The van der Waals surface area contributed by atoms with E-state index in [2.05, 4.69) is 41.6 Å². The highest BCUT2D eigenvalue weighted by molar-refractivity contribution is 5.76. The number of ether oxygens (including phenoxy) is 1. The van der Waals surface area contributed by atoms with E-state index < -0.39 is 6.10 Å². The van der Waals surface area contributed by atoms with Gasteiger partial charge in [0.15, 0.2) is 0 Å². The summed E-state index contributed by atoms with van der Waals surface area (Å²) in [5.41, 5.74) is 4.40. The molecule has 0 saturated carbocycles. The molecule has 3 rings (SSSR count). The Morgan fingerprint density at radius 1 is 1.16 bits per heavy atom. The predicted molar refractivity (Wildman–Crippen MR) is 101 cm³/mol. The van der Waals surface area contributed by atoms with Crippen molar-refractivity contribution in [3.63, 3.8) is 0 Å². The summed E-state index contributed by atoms with van der Waals surface area (Å²) < 4.78 is 8.05. The van der Waals surface area contributed by atoms with Crippen LogP contribution in [0.3, 0.4) is 0 Å². The van der Waals surface area contributed by atoms with Gasteiger partial charge in [0.1, 0.15) is 17.7 Å². The van der Waals surface area contributed by atoms with E-state index in [9.17, 15) is 5.11 Å². The molecule has 2 aromatic carbocycles. The third kappa shape index (κ3) is 3.85. The molecule has 0 aliphatic heterocycles. The zero-order valence-electron chi connectivity index (χ0n) is 15.2. The Hall–Kier alpha value is -2.33. The highest BCUT2D eigenvalue weighted by atomic mass is 16.5. The molecule has 132 valence electrons. The maximum absolute atomic E-state index is 10.3. The summed E-state index contributed by atoms with van der Waals surface area (Å²) in [5, 5.41) is 10.3. The summed E-state index contributed by atoms with van der Waals surface area (Å²) in [6.45, 7) is 7.54. The summed E-state index contributed by atoms with van der Waals surface area (Å²) in [6.07, 6.45) is 0.979. The van der Waals surface area contributed by atoms with Gasteiger partial charge in [0, 0.05) is 6.54 Å². The van der Waals surface area contributed by atoms with Crippen LogP contribution < -0.4 is 4.74 Å². The fourth-order valence-corrected chi connectivity index (χ4v) is 3.13. The number of aliphatic hydroxyl groups excluding tert-OH is 1. The van der Waals surface area contributed by atoms with E-state index in [1.807, 2.05) is 31.2 Å². The van der Waals surface area contributed by atoms with Gasteiger partial charge in [-0.1, -0.05) is 36.8 Å². The largest absolute Gasteiger partial charge is 0.493 e. The Morgan fingerprint density at radius 2 is 1.96 bits per heavy atom. The standard InChI is InChI=1S/C21H26N2O2/c1-4-19(24)21-22-17-8-5-6-9-18(17)23(21)12-7-13-25-20-11-10-15(2)14-16(20)3/h5-6,8-11,14,19,24H,4,7,12-13H2,1-3H3/t19-/m1/s1. The van der Waals surface area contributed by atoms with Crippen molar-refractivity contribution in [3.05, 3.63) is 59.4 Å². The Balaban J connectivity index is 1.70. The molecular formula is C21H26N2O2. The van der Waals surface area contributed by atoms with E-state index in [1.165, 1.54) is 5.56 Å². The summed E-state index contributed by atoms with van der Waals surface area (Å²) in [6, 6.07) is 14.3. The van der Waals surface area contributed by atoms with Gasteiger partial charge in [-0.2, -0.15) is 0 Å². The predicted octanol–water partition coefficient (Wildman–Crippen LogP) is 4.57. The lowest BCUT2D eigenvalue weighted by atomic mass is 10.1. The quantitative estimate of drug-likeness (QED) is 0.642. The Kier molecular flexibility index (Phi) is 5.39. The molecule has 1 N–H and O–H groups in total. The van der Waals surface area contributed by atoms with Crippen LogP contribution in [0.4, 0.5) is 0 Å². The van der Waals surface area contributed by atoms with Crippen LogP contribution in [0.25, 0.3) is 11.0 Å². The Labute approximate surface area is 149 Å². The minimum absolute atomic E-state index is 0.535. The van der Waals surface area contributed by atoms with Gasteiger partial charge >= 0.3 is 0 Å². The summed E-state index contributed by atoms with van der Waals surface area (Å²) >= 11 is 0. The topological polar surface area (TPSA) is 47.3 Å². The van der Waals surface area contributed by atoms with Crippen LogP contribution in [0.2, 0.25) is 0 Å². The second-order valence-corrected chi connectivity index (χ2v) is 6.51. The molecule has 0 radical (unpaired) electrons. The van der Waals surface area contributed by atoms with Gasteiger partial charge < -0.3 is 14.4 Å². The van der Waals surface area contributed by atoms with Crippen LogP contribution in [-0.2, 0) is 6.54 Å². The molecule has 1 aromatic heterocycles. The molecule has 0 unspecified atom stereocenters. The minimum atomic E-state index is -0.535. The molecule has 0 saturated heterocycles. The second-order valence-electron chi connectivity index (χ2n) is 6.51. The normalized spacial score (nSPS) is 12.5. The lowest BCUT2D eigenvalue weighted by Crippen LogP contribution is -2.11. The van der Waals surface area contributed by atoms with Gasteiger partial charge in [0.25, 0.3) is 0 Å². The highest BCUT2D eigenvalue weighted by Gasteiger charge is 2.16. The zero-order chi connectivity index (χ0) is 17.8. The van der Waals surface area contributed by atoms with Gasteiger partial charge in [0.05, 0.1) is 17.6 Å². The third-order valence-electron chi connectivity index (χ3n) is 4.48. The molecule has 0 spiro atoms. The first-order valence-electron chi connectivity index (χ1n) is 8.93. The maximum atomic E-state index is 10.3. The number of benzene rings is 2. The first-order chi connectivity index (χ1) is 12.1. The number of imidazole rings is 1. The van der Waals surface area contributed by atoms with Crippen LogP contribution in [-0.4, -0.2) is 21.3 Å². The molecule has 1 atom stereocenters. The van der Waals surface area contributed by atoms with E-state index in [1.54, 1.807) is 0 Å². The Bertz CT molecular complexity index is 854. The Morgan fingerprint density at radius 3 is 2.72 bits per heavy atom. The molecule has 4 heteroatoms. The molecule has 3 aromatic rings. The molecule has 1 heterocycles. The first kappa shape index (κ1) is 17.5. The number of aromatic nitrogens is 2. The number of nitrogens with zero attached hydrogens (tertiary/aromatic N) is 2. The lowest BCUT2D eigenvalue weighted by molar-refractivity contribution is 0.158. The fraction of sp³-hybridized carbons (Fsp3) is 0.381. The average molecular weight is 338 g/mol. The smallest absolute Gasteiger partial charge is 0.138 e. The molecule has 4 nitrogen and oxygen atoms in total. The SMILES string of the molecule is CC[C@@H](O)c1nc2ccccc2n1CCCOc1ccc(C)cc1C. The summed E-state index contributed by atoms with van der Waals surface area (Å²) in [4.78, 5) is 4.62. The summed E-state index contributed by atoms with van der Waals surface area (Å²) in [7, 11) is 0. The number of hydrogen-bond acceptors (Lipinski definition) is 3. The number of fused-ring (bicyclic) bond motifs is 1. The van der Waals surface area contributed by atoms with Crippen molar-refractivity contribution in [2.75, 3.05) is 6.61 Å². The van der Waals surface area contributed by atoms with Crippen molar-refractivity contribution in [2.24, 2.45) is 0 Å². The van der Waals surface area contributed by atoms with Crippen LogP contribution in [0.15, 0.2) is 42.5 Å². The van der Waals surface area contributed by atoms with E-state index in [-0.39, 0.29) is 0 Å². The summed E-state index contributed by atoms with van der Waals surface area (Å²) in [5.74, 6) is 1.69. The van der Waals surface area contributed by atoms with Gasteiger partial charge in [-0.05, 0) is 50.5 Å². The van der Waals surface area contributed by atoms with Crippen LogP contribution >= 0.6 is 0 Å². The molecule has 0 amide bonds. The van der Waals surface area contributed by atoms with Gasteiger partial charge in [-0.15, -0.1) is 0 Å². The van der Waals surface area contributed by atoms with Crippen LogP contribution in [0.5, 0.6) is 5.75 Å². The van der Waals surface area contributed by atoms with Crippen molar-refractivity contribution in [1.82, 2.24) is 9.55 Å². The average Bonchev–Trinajstić information content (AvgIpc) is 2.98. The highest BCUT2D eigenvalue weighted by Crippen LogP contribution is 2.23. The second kappa shape index (κ2) is 7.70. The van der Waals surface area contributed by atoms with Gasteiger partial charge in [-0.25, -0.2) is 4.98 Å². The lowest BCUT2D eigenvalue weighted by Gasteiger charge is -2.14. The molecule has 25 heavy (non-hydrogen) atoms. The number of aryl methyl sites for hydroxylation is 3. The fourth-order valence-electron chi connectivity index (χ4n) is 3.13. The van der Waals surface area contributed by atoms with Crippen LogP contribution in [0.1, 0.15) is 42.8 Å². The van der Waals surface area contributed by atoms with E-state index in [0.717, 1.165) is 41.1 Å². The van der Waals surface area contributed by atoms with Crippen LogP contribution in [0, 0.1) is 13.8 Å². The minimum Gasteiger partial charge on any atom is -0.493 e. The molecule has 0 aliphatic carbocycles. The zero-order valence-corrected chi connectivity index (χ0v) is 15.2. The van der Waals surface area contributed by atoms with Gasteiger partial charge in [0.2, 0.25) is 0 Å². The molecular weight excluding hydrogens is 312 g/mol. The monoisotopic (exact) mass is 338 g/mol. The van der Waals surface area contributed by atoms with Crippen molar-refractivity contribution < 1.29 is 9.84 Å². The van der Waals surface area contributed by atoms with E-state index in [0.29, 0.717) is 13.0 Å².